The first-order valence-corrected chi connectivity index (χ1v) is 10.2. The second-order valence-corrected chi connectivity index (χ2v) is 8.49. The van der Waals surface area contributed by atoms with E-state index in [9.17, 15) is 4.39 Å². The van der Waals surface area contributed by atoms with E-state index in [1.807, 2.05) is 19.4 Å². The molecular weight excluding hydrogens is 295 g/mol. The molecule has 0 nitrogen and oxygen atoms in total. The Morgan fingerprint density at radius 3 is 2.04 bits per heavy atom. The summed E-state index contributed by atoms with van der Waals surface area (Å²) in [4.78, 5) is 0. The van der Waals surface area contributed by atoms with Crippen molar-refractivity contribution in [3.8, 4) is 0 Å². The first-order valence-electron chi connectivity index (χ1n) is 10.2. The van der Waals surface area contributed by atoms with Crippen molar-refractivity contribution in [2.45, 2.75) is 84.0 Å². The van der Waals surface area contributed by atoms with Crippen molar-refractivity contribution in [3.05, 3.63) is 41.6 Å². The lowest BCUT2D eigenvalue weighted by molar-refractivity contribution is 0.237. The molecule has 0 amide bonds. The van der Waals surface area contributed by atoms with Crippen molar-refractivity contribution >= 4 is 0 Å². The minimum Gasteiger partial charge on any atom is -0.284 e. The highest BCUT2D eigenvalue weighted by molar-refractivity contribution is 5.31. The third-order valence-electron chi connectivity index (χ3n) is 6.77. The first-order chi connectivity index (χ1) is 11.7. The topological polar surface area (TPSA) is 0 Å². The van der Waals surface area contributed by atoms with Crippen LogP contribution in [0.25, 0.3) is 0 Å². The van der Waals surface area contributed by atoms with Crippen molar-refractivity contribution in [1.29, 1.82) is 0 Å². The van der Waals surface area contributed by atoms with E-state index in [0.29, 0.717) is 5.92 Å². The quantitative estimate of drug-likeness (QED) is 0.498. The van der Waals surface area contributed by atoms with Crippen LogP contribution in [0.15, 0.2) is 18.2 Å². The lowest BCUT2D eigenvalue weighted by Gasteiger charge is -2.32. The number of hydrogen-bond acceptors (Lipinski definition) is 0. The maximum atomic E-state index is 14.0. The minimum atomic E-state index is -0.0522. The van der Waals surface area contributed by atoms with Crippen LogP contribution in [0, 0.1) is 30.0 Å². The average Bonchev–Trinajstić information content (AvgIpc) is 2.61. The fourth-order valence-corrected chi connectivity index (χ4v) is 4.91. The molecule has 0 heterocycles. The second kappa shape index (κ2) is 8.41. The molecule has 24 heavy (non-hydrogen) atoms. The average molecular weight is 330 g/mol. The van der Waals surface area contributed by atoms with Gasteiger partial charge in [-0.25, -0.2) is 0 Å². The Morgan fingerprint density at radius 1 is 0.917 bits per heavy atom. The zero-order valence-electron chi connectivity index (χ0n) is 15.6. The molecule has 0 aromatic heterocycles. The van der Waals surface area contributed by atoms with E-state index in [2.05, 4.69) is 13.0 Å². The number of benzene rings is 1. The molecule has 0 atom stereocenters. The molecule has 0 saturated heterocycles. The van der Waals surface area contributed by atoms with Crippen molar-refractivity contribution in [2.75, 3.05) is 0 Å². The van der Waals surface area contributed by atoms with Gasteiger partial charge in [-0.2, -0.15) is 18.1 Å². The van der Waals surface area contributed by atoms with Crippen LogP contribution < -0.4 is 0 Å². The molecule has 2 aliphatic rings. The largest absolute Gasteiger partial charge is 0.284 e. The maximum Gasteiger partial charge on any atom is 0.0163 e. The van der Waals surface area contributed by atoms with Gasteiger partial charge in [-0.15, -0.1) is 6.07 Å². The third kappa shape index (κ3) is 4.55. The van der Waals surface area contributed by atoms with Crippen LogP contribution in [-0.2, 0) is 0 Å². The lowest BCUT2D eigenvalue weighted by Crippen LogP contribution is -2.17. The van der Waals surface area contributed by atoms with Crippen LogP contribution in [0.2, 0.25) is 0 Å². The van der Waals surface area contributed by atoms with Crippen LogP contribution in [0.4, 0.5) is 4.39 Å². The highest BCUT2D eigenvalue weighted by atomic mass is 19.1. The molecule has 0 spiro atoms. The van der Waals surface area contributed by atoms with E-state index in [1.54, 1.807) is 6.07 Å². The lowest BCUT2D eigenvalue weighted by atomic mass is 9.74. The van der Waals surface area contributed by atoms with Gasteiger partial charge in [0.2, 0.25) is 0 Å². The van der Waals surface area contributed by atoms with Gasteiger partial charge in [0.15, 0.2) is 0 Å². The molecule has 0 unspecified atom stereocenters. The SMILES string of the molecule is C[CH-]c1ccc(C2CCC(CCC3CCC(C)CC3)CC2)cc1F. The summed E-state index contributed by atoms with van der Waals surface area (Å²) < 4.78 is 14.0. The summed E-state index contributed by atoms with van der Waals surface area (Å²) in [6.45, 7) is 4.31. The van der Waals surface area contributed by atoms with Crippen LogP contribution in [0.1, 0.15) is 95.1 Å². The summed E-state index contributed by atoms with van der Waals surface area (Å²) in [6, 6.07) is 5.87. The summed E-state index contributed by atoms with van der Waals surface area (Å²) in [5.41, 5.74) is 1.95. The molecule has 0 bridgehead atoms. The number of rotatable bonds is 5. The molecule has 134 valence electrons. The predicted molar refractivity (Wildman–Crippen MR) is 101 cm³/mol. The Labute approximate surface area is 148 Å². The zero-order valence-corrected chi connectivity index (χ0v) is 15.6. The molecule has 0 N–H and O–H groups in total. The maximum absolute atomic E-state index is 14.0. The molecule has 2 aliphatic carbocycles. The number of halogens is 1. The van der Waals surface area contributed by atoms with E-state index in [1.165, 1.54) is 69.8 Å². The molecule has 2 fully saturated rings. The summed E-state index contributed by atoms with van der Waals surface area (Å²) in [7, 11) is 0. The van der Waals surface area contributed by atoms with Gasteiger partial charge in [0.25, 0.3) is 0 Å². The van der Waals surface area contributed by atoms with Gasteiger partial charge in [-0.05, 0) is 49.4 Å². The molecule has 1 heteroatoms. The summed E-state index contributed by atoms with van der Waals surface area (Å²) in [5, 5.41) is 0. The van der Waals surface area contributed by atoms with E-state index in [4.69, 9.17) is 0 Å². The Balaban J connectivity index is 1.43. The smallest absolute Gasteiger partial charge is 0.0163 e. The summed E-state index contributed by atoms with van der Waals surface area (Å²) in [5.74, 6) is 3.43. The Hall–Kier alpha value is -0.980. The van der Waals surface area contributed by atoms with Crippen LogP contribution in [0.5, 0.6) is 0 Å². The van der Waals surface area contributed by atoms with Gasteiger partial charge in [-0.3, -0.25) is 4.39 Å². The van der Waals surface area contributed by atoms with Crippen LogP contribution in [0.3, 0.4) is 0 Å². The highest BCUT2D eigenvalue weighted by Crippen LogP contribution is 2.40. The second-order valence-electron chi connectivity index (χ2n) is 8.49. The van der Waals surface area contributed by atoms with Gasteiger partial charge >= 0.3 is 0 Å². The fourth-order valence-electron chi connectivity index (χ4n) is 4.91. The Kier molecular flexibility index (Phi) is 6.25. The molecule has 0 aliphatic heterocycles. The molecule has 1 aromatic carbocycles. The fraction of sp³-hybridized carbons (Fsp3) is 0.696. The van der Waals surface area contributed by atoms with Gasteiger partial charge < -0.3 is 0 Å². The van der Waals surface area contributed by atoms with Crippen LogP contribution in [-0.4, -0.2) is 0 Å². The normalized spacial score (nSPS) is 31.0. The molecule has 1 aromatic rings. The van der Waals surface area contributed by atoms with E-state index in [-0.39, 0.29) is 5.82 Å². The molecular formula is C23H34F-. The molecule has 3 rings (SSSR count). The van der Waals surface area contributed by atoms with Crippen LogP contribution >= 0.6 is 0 Å². The van der Waals surface area contributed by atoms with Crippen molar-refractivity contribution < 1.29 is 4.39 Å². The Bertz CT molecular complexity index is 505. The van der Waals surface area contributed by atoms with Crippen molar-refractivity contribution in [1.82, 2.24) is 0 Å². The number of hydrogen-bond donors (Lipinski definition) is 0. The van der Waals surface area contributed by atoms with E-state index < -0.39 is 0 Å². The van der Waals surface area contributed by atoms with Gasteiger partial charge in [0.05, 0.1) is 0 Å². The van der Waals surface area contributed by atoms with Gasteiger partial charge in [-0.1, -0.05) is 64.0 Å². The predicted octanol–water partition coefficient (Wildman–Crippen LogP) is 7.28. The minimum absolute atomic E-state index is 0.0522. The summed E-state index contributed by atoms with van der Waals surface area (Å²) in [6.07, 6.45) is 15.8. The van der Waals surface area contributed by atoms with E-state index >= 15 is 0 Å². The van der Waals surface area contributed by atoms with Gasteiger partial charge in [0.1, 0.15) is 0 Å². The molecule has 2 saturated carbocycles. The van der Waals surface area contributed by atoms with Crippen molar-refractivity contribution in [2.24, 2.45) is 17.8 Å². The van der Waals surface area contributed by atoms with E-state index in [0.717, 1.165) is 23.3 Å². The standard InChI is InChI=1S/C23H34F/c1-3-20-14-15-22(16-23(20)24)21-12-10-19(11-13-21)9-8-18-6-4-17(2)5-7-18/h3,14-19,21H,4-13H2,1-2H3/q-1. The first kappa shape index (κ1) is 17.8. The summed E-state index contributed by atoms with van der Waals surface area (Å²) >= 11 is 0. The van der Waals surface area contributed by atoms with Crippen molar-refractivity contribution in [3.63, 3.8) is 0 Å². The zero-order chi connectivity index (χ0) is 16.9. The molecule has 0 radical (unpaired) electrons. The highest BCUT2D eigenvalue weighted by Gasteiger charge is 2.24. The third-order valence-corrected chi connectivity index (χ3v) is 6.77. The monoisotopic (exact) mass is 329 g/mol. The van der Waals surface area contributed by atoms with Gasteiger partial charge in [0, 0.05) is 5.82 Å². The Morgan fingerprint density at radius 2 is 1.50 bits per heavy atom.